The number of unbranched alkanes of at least 4 members (excludes halogenated alkanes) is 3. The van der Waals surface area contributed by atoms with Crippen molar-refractivity contribution in [2.45, 2.75) is 122 Å². The lowest BCUT2D eigenvalue weighted by atomic mass is 10.0. The molecule has 0 aliphatic carbocycles. The van der Waals surface area contributed by atoms with E-state index in [4.69, 9.17) is 15.3 Å². The maximum atomic E-state index is 14.1. The number of hydrogen-bond acceptors (Lipinski definition) is 14. The molecule has 3 aromatic rings. The van der Waals surface area contributed by atoms with Gasteiger partial charge in [0.1, 0.15) is 42.6 Å². The highest BCUT2D eigenvalue weighted by atomic mass is 32.1. The van der Waals surface area contributed by atoms with Gasteiger partial charge in [-0.1, -0.05) is 25.4 Å². The van der Waals surface area contributed by atoms with Gasteiger partial charge in [-0.15, -0.1) is 11.3 Å². The number of primary amides is 1. The zero-order chi connectivity index (χ0) is 50.0. The number of rotatable bonds is 28. The fraction of sp³-hybridized carbons (Fsp3) is 0.545. The minimum atomic E-state index is -5.13. The van der Waals surface area contributed by atoms with Crippen molar-refractivity contribution in [1.29, 1.82) is 0 Å². The Balaban J connectivity index is 1.40. The predicted molar refractivity (Wildman–Crippen MR) is 251 cm³/mol. The summed E-state index contributed by atoms with van der Waals surface area (Å²) in [6.07, 6.45) is 7.31. The Kier molecular flexibility index (Phi) is 21.6. The number of phosphoric acid groups is 1. The molecule has 0 bridgehead atoms. The third-order valence-electron chi connectivity index (χ3n) is 11.0. The smallest absolute Gasteiger partial charge is 0.469 e. The Morgan fingerprint density at radius 2 is 1.62 bits per heavy atom. The molecular weight excluding hydrogens is 926 g/mol. The van der Waals surface area contributed by atoms with Gasteiger partial charge in [0.05, 0.1) is 32.4 Å². The number of hydrogen-bond donors (Lipinski definition) is 8. The van der Waals surface area contributed by atoms with Crippen LogP contribution in [-0.2, 0) is 55.7 Å². The highest BCUT2D eigenvalue weighted by Gasteiger charge is 2.37. The van der Waals surface area contributed by atoms with Gasteiger partial charge in [0.2, 0.25) is 35.4 Å². The van der Waals surface area contributed by atoms with E-state index in [9.17, 15) is 48.2 Å². The number of thiophene rings is 1. The number of ether oxygens (including phenoxy) is 1. The zero-order valence-electron chi connectivity index (χ0n) is 38.9. The second kappa shape index (κ2) is 26.7. The van der Waals surface area contributed by atoms with Crippen molar-refractivity contribution in [3.05, 3.63) is 59.5 Å². The first-order valence-corrected chi connectivity index (χ1v) is 24.7. The average Bonchev–Trinajstić information content (AvgIpc) is 4.07. The Morgan fingerprint density at radius 3 is 2.26 bits per heavy atom. The number of aromatic nitrogens is 2. The van der Waals surface area contributed by atoms with Crippen LogP contribution in [0, 0.1) is 5.92 Å². The lowest BCUT2D eigenvalue weighted by Crippen LogP contribution is -2.61. The summed E-state index contributed by atoms with van der Waals surface area (Å²) in [6.45, 7) is 6.43. The fourth-order valence-corrected chi connectivity index (χ4v) is 8.92. The number of nitrogens with zero attached hydrogens (tertiary/aromatic N) is 4. The second-order valence-corrected chi connectivity index (χ2v) is 19.1. The van der Waals surface area contributed by atoms with E-state index in [0.29, 0.717) is 38.2 Å². The van der Waals surface area contributed by atoms with Crippen LogP contribution in [0.25, 0.3) is 10.4 Å². The second-order valence-electron chi connectivity index (χ2n) is 16.8. The number of methoxy groups -OCH3 is 1. The first-order chi connectivity index (χ1) is 32.3. The molecule has 0 spiro atoms. The van der Waals surface area contributed by atoms with Crippen LogP contribution in [0.15, 0.2) is 54.1 Å². The molecule has 1 aliphatic heterocycles. The van der Waals surface area contributed by atoms with Gasteiger partial charge in [0.25, 0.3) is 0 Å². The molecule has 22 nitrogen and oxygen atoms in total. The van der Waals surface area contributed by atoms with Crippen molar-refractivity contribution >= 4 is 60.8 Å². The molecule has 1 aliphatic rings. The molecule has 1 fully saturated rings. The Bertz CT molecular complexity index is 2230. The standard InChI is InChI=1S/C44H64N9O13PS/c1-27(2)21-34(49-44(60)37-11-10-19-53(37)29(4)55)41(57)48-35(42(58)50-36(25-54)43(59)51-39(40(45)56)28(3)66-67(61,62)63)22-31-23-46-26-52(31)18-8-6-7-9-20-65-47-24-33-16-17-38(68-33)30-12-14-32(64-5)15-13-30/h12-17,23-24,26-28,34-37,39,54H,6-11,18-22,25H2,1-5H3,(H2,45,56)(H,48,57)(H,49,60)(H,50,58)(H,51,59)(H2,61,62,63)/b47-24+/t28-,34+,35+,36+,37+,39+/m1/s1. The van der Waals surface area contributed by atoms with Crippen LogP contribution in [0.4, 0.5) is 0 Å². The molecule has 0 unspecified atom stereocenters. The van der Waals surface area contributed by atoms with Gasteiger partial charge >= 0.3 is 7.82 Å². The molecule has 9 N–H and O–H groups in total. The summed E-state index contributed by atoms with van der Waals surface area (Å²) in [5.41, 5.74) is 6.97. The summed E-state index contributed by atoms with van der Waals surface area (Å²) in [6, 6.07) is 4.96. The molecule has 1 saturated heterocycles. The molecule has 68 heavy (non-hydrogen) atoms. The van der Waals surface area contributed by atoms with Gasteiger partial charge in [-0.2, -0.15) is 0 Å². The zero-order valence-corrected chi connectivity index (χ0v) is 40.6. The molecule has 6 atom stereocenters. The Morgan fingerprint density at radius 1 is 0.941 bits per heavy atom. The number of aliphatic hydroxyl groups is 1. The van der Waals surface area contributed by atoms with E-state index in [1.54, 1.807) is 31.0 Å². The lowest BCUT2D eigenvalue weighted by molar-refractivity contribution is -0.139. The summed E-state index contributed by atoms with van der Waals surface area (Å²) < 4.78 is 23.0. The number of benzene rings is 1. The molecule has 6 amide bonds. The first-order valence-electron chi connectivity index (χ1n) is 22.3. The van der Waals surface area contributed by atoms with E-state index in [2.05, 4.69) is 35.9 Å². The minimum absolute atomic E-state index is 0.102. The number of nitrogens with one attached hydrogen (secondary N) is 4. The van der Waals surface area contributed by atoms with Crippen LogP contribution in [-0.4, -0.2) is 134 Å². The number of oxime groups is 1. The van der Waals surface area contributed by atoms with E-state index >= 15 is 0 Å². The van der Waals surface area contributed by atoms with Crippen LogP contribution in [0.2, 0.25) is 0 Å². The summed E-state index contributed by atoms with van der Waals surface area (Å²) >= 11 is 1.59. The van der Waals surface area contributed by atoms with Crippen LogP contribution in [0.1, 0.15) is 83.2 Å². The largest absolute Gasteiger partial charge is 0.497 e. The molecule has 0 saturated carbocycles. The summed E-state index contributed by atoms with van der Waals surface area (Å²) in [5, 5.41) is 24.3. The number of carbonyl (C=O) groups is 6. The number of aliphatic hydroxyl groups excluding tert-OH is 1. The molecule has 2 aromatic heterocycles. The number of phosphoric ester groups is 1. The van der Waals surface area contributed by atoms with Gasteiger partial charge in [-0.3, -0.25) is 33.3 Å². The average molecular weight is 990 g/mol. The molecule has 1 aromatic carbocycles. The van der Waals surface area contributed by atoms with E-state index < -0.39 is 80.3 Å². The quantitative estimate of drug-likeness (QED) is 0.0223. The Hall–Kier alpha value is -5.71. The summed E-state index contributed by atoms with van der Waals surface area (Å²) in [4.78, 5) is 111. The van der Waals surface area contributed by atoms with E-state index in [-0.39, 0.29) is 24.7 Å². The van der Waals surface area contributed by atoms with Crippen molar-refractivity contribution in [3.8, 4) is 16.2 Å². The predicted octanol–water partition coefficient (Wildman–Crippen LogP) is 1.75. The van der Waals surface area contributed by atoms with Crippen molar-refractivity contribution in [2.75, 3.05) is 26.9 Å². The van der Waals surface area contributed by atoms with E-state index in [1.807, 2.05) is 54.8 Å². The number of nitrogens with two attached hydrogens (primary N) is 1. The van der Waals surface area contributed by atoms with E-state index in [1.165, 1.54) is 18.0 Å². The maximum Gasteiger partial charge on any atom is 0.469 e. The third-order valence-corrected chi connectivity index (χ3v) is 12.7. The van der Waals surface area contributed by atoms with Crippen molar-refractivity contribution in [2.24, 2.45) is 16.8 Å². The van der Waals surface area contributed by atoms with Crippen LogP contribution < -0.4 is 31.7 Å². The summed E-state index contributed by atoms with van der Waals surface area (Å²) in [7, 11) is -3.50. The van der Waals surface area contributed by atoms with Gasteiger partial charge in [0, 0.05) is 48.1 Å². The van der Waals surface area contributed by atoms with Crippen LogP contribution >= 0.6 is 19.2 Å². The molecule has 4 rings (SSSR count). The monoisotopic (exact) mass is 989 g/mol. The highest BCUT2D eigenvalue weighted by Crippen LogP contribution is 2.38. The van der Waals surface area contributed by atoms with Crippen molar-refractivity contribution < 1.29 is 62.3 Å². The number of likely N-dealkylation sites (tertiary alicyclic amines) is 1. The maximum absolute atomic E-state index is 14.1. The van der Waals surface area contributed by atoms with E-state index in [0.717, 1.165) is 53.7 Å². The Labute approximate surface area is 399 Å². The van der Waals surface area contributed by atoms with Crippen LogP contribution in [0.5, 0.6) is 5.75 Å². The normalized spacial score (nSPS) is 16.1. The third kappa shape index (κ3) is 17.4. The van der Waals surface area contributed by atoms with Crippen LogP contribution in [0.3, 0.4) is 0 Å². The number of imidazole rings is 1. The van der Waals surface area contributed by atoms with Crippen molar-refractivity contribution in [3.63, 3.8) is 0 Å². The SMILES string of the molecule is COc1ccc(-c2ccc(/C=N/OCCCCCCn3cncc3C[C@H](NC(=O)[C@H](CC(C)C)NC(=O)[C@@H]3CCCN3C(C)=O)C(=O)N[C@@H](CO)C(=O)N[C@H](C(N)=O)[C@@H](C)OP(=O)(O)O)s2)cc1. The topological polar surface area (TPSA) is 315 Å². The lowest BCUT2D eigenvalue weighted by Gasteiger charge is -2.28. The number of amides is 6. The molecule has 24 heteroatoms. The molecule has 3 heterocycles. The molecule has 0 radical (unpaired) electrons. The fourth-order valence-electron chi connectivity index (χ4n) is 7.49. The van der Waals surface area contributed by atoms with Crippen molar-refractivity contribution in [1.82, 2.24) is 35.7 Å². The summed E-state index contributed by atoms with van der Waals surface area (Å²) in [5.74, 6) is -4.16. The first kappa shape index (κ1) is 54.9. The number of carbonyl (C=O) groups excluding carboxylic acids is 6. The van der Waals surface area contributed by atoms with Gasteiger partial charge < -0.3 is 60.9 Å². The van der Waals surface area contributed by atoms with Gasteiger partial charge in [-0.05, 0) is 93.3 Å². The van der Waals surface area contributed by atoms with Gasteiger partial charge in [0.15, 0.2) is 0 Å². The minimum Gasteiger partial charge on any atom is -0.497 e. The number of aryl methyl sites for hydroxylation is 1. The van der Waals surface area contributed by atoms with Gasteiger partial charge in [-0.25, -0.2) is 9.55 Å². The highest BCUT2D eigenvalue weighted by molar-refractivity contribution is 7.46. The molecular formula is C44H64N9O13PS. The molecule has 374 valence electrons.